The highest BCUT2D eigenvalue weighted by molar-refractivity contribution is 5.88. The minimum Gasteiger partial charge on any atom is -0.484 e. The van der Waals surface area contributed by atoms with Crippen molar-refractivity contribution in [1.29, 1.82) is 0 Å². The second-order valence-corrected chi connectivity index (χ2v) is 9.96. The van der Waals surface area contributed by atoms with Crippen LogP contribution in [0.1, 0.15) is 47.9 Å². The Morgan fingerprint density at radius 2 is 1.59 bits per heavy atom. The molecule has 0 radical (unpaired) electrons. The van der Waals surface area contributed by atoms with Gasteiger partial charge in [-0.05, 0) is 73.2 Å². The van der Waals surface area contributed by atoms with Gasteiger partial charge in [0.15, 0.2) is 6.61 Å². The summed E-state index contributed by atoms with van der Waals surface area (Å²) in [5, 5.41) is 3.18. The van der Waals surface area contributed by atoms with Crippen LogP contribution in [0.4, 0.5) is 4.39 Å². The van der Waals surface area contributed by atoms with Crippen molar-refractivity contribution in [2.24, 2.45) is 0 Å². The summed E-state index contributed by atoms with van der Waals surface area (Å²) in [6.07, 6.45) is 4.46. The fourth-order valence-electron chi connectivity index (χ4n) is 4.95. The van der Waals surface area contributed by atoms with Crippen molar-refractivity contribution in [3.63, 3.8) is 0 Å². The lowest BCUT2D eigenvalue weighted by Gasteiger charge is -2.32. The second kappa shape index (κ2) is 12.5. The zero-order valence-corrected chi connectivity index (χ0v) is 21.6. The molecule has 2 amide bonds. The van der Waals surface area contributed by atoms with Crippen LogP contribution in [0.2, 0.25) is 0 Å². The van der Waals surface area contributed by atoms with Gasteiger partial charge in [0.05, 0.1) is 0 Å². The molecule has 37 heavy (non-hydrogen) atoms. The number of carbonyl (C=O) groups excluding carboxylic acids is 2. The SMILES string of the molecule is Cc1cc(C)cc(OCC(=O)N(Cc2ccc(F)cc2)[C@@H](Cc2ccccc2)C(=O)NC2CCCC2)c1. The van der Waals surface area contributed by atoms with Crippen molar-refractivity contribution in [2.75, 3.05) is 6.61 Å². The van der Waals surface area contributed by atoms with E-state index in [4.69, 9.17) is 4.74 Å². The molecule has 0 unspecified atom stereocenters. The predicted octanol–water partition coefficient (Wildman–Crippen LogP) is 5.52. The number of amides is 2. The maximum atomic E-state index is 13.7. The summed E-state index contributed by atoms with van der Waals surface area (Å²) in [5.74, 6) is -0.203. The number of nitrogens with one attached hydrogen (secondary N) is 1. The number of aryl methyl sites for hydroxylation is 2. The number of carbonyl (C=O) groups is 2. The van der Waals surface area contributed by atoms with Crippen LogP contribution in [0.15, 0.2) is 72.8 Å². The summed E-state index contributed by atoms with van der Waals surface area (Å²) in [5.41, 5.74) is 3.79. The molecule has 1 aliphatic carbocycles. The number of nitrogens with zero attached hydrogens (tertiary/aromatic N) is 1. The first-order valence-electron chi connectivity index (χ1n) is 13.0. The van der Waals surface area contributed by atoms with Crippen molar-refractivity contribution in [1.82, 2.24) is 10.2 Å². The Bertz CT molecular complexity index is 1170. The molecule has 4 rings (SSSR count). The van der Waals surface area contributed by atoms with Gasteiger partial charge in [-0.1, -0.05) is 61.4 Å². The third-order valence-electron chi connectivity index (χ3n) is 6.80. The Morgan fingerprint density at radius 1 is 0.946 bits per heavy atom. The number of rotatable bonds is 10. The number of ether oxygens (including phenoxy) is 1. The molecular formula is C31H35FN2O3. The van der Waals surface area contributed by atoms with Crippen LogP contribution in [0.25, 0.3) is 0 Å². The Kier molecular flexibility index (Phi) is 8.94. The molecule has 1 aliphatic rings. The molecule has 0 spiro atoms. The van der Waals surface area contributed by atoms with Crippen molar-refractivity contribution >= 4 is 11.8 Å². The second-order valence-electron chi connectivity index (χ2n) is 9.96. The van der Waals surface area contributed by atoms with Crippen LogP contribution < -0.4 is 10.1 Å². The van der Waals surface area contributed by atoms with Crippen LogP contribution in [0.3, 0.4) is 0 Å². The molecule has 194 valence electrons. The van der Waals surface area contributed by atoms with Crippen LogP contribution in [-0.4, -0.2) is 35.4 Å². The van der Waals surface area contributed by atoms with Crippen LogP contribution in [0.5, 0.6) is 5.75 Å². The molecule has 1 N–H and O–H groups in total. The molecule has 6 heteroatoms. The normalized spacial score (nSPS) is 14.2. The highest BCUT2D eigenvalue weighted by atomic mass is 19.1. The largest absolute Gasteiger partial charge is 0.484 e. The standard InChI is InChI=1S/C31H35FN2O3/c1-22-16-23(2)18-28(17-22)37-21-30(35)34(20-25-12-14-26(32)15-13-25)29(19-24-8-4-3-5-9-24)31(36)33-27-10-6-7-11-27/h3-5,8-9,12-18,27,29H,6-7,10-11,19-21H2,1-2H3,(H,33,36)/t29-/m0/s1. The summed E-state index contributed by atoms with van der Waals surface area (Å²) in [6, 6.07) is 20.9. The molecule has 3 aromatic rings. The van der Waals surface area contributed by atoms with E-state index in [1.54, 1.807) is 17.0 Å². The molecular weight excluding hydrogens is 467 g/mol. The predicted molar refractivity (Wildman–Crippen MR) is 143 cm³/mol. The minimum absolute atomic E-state index is 0.125. The first-order valence-corrected chi connectivity index (χ1v) is 13.0. The Labute approximate surface area is 218 Å². The molecule has 1 fully saturated rings. The Hall–Kier alpha value is -3.67. The van der Waals surface area contributed by atoms with E-state index in [0.29, 0.717) is 12.2 Å². The molecule has 0 bridgehead atoms. The van der Waals surface area contributed by atoms with Gasteiger partial charge < -0.3 is 15.0 Å². The summed E-state index contributed by atoms with van der Waals surface area (Å²) in [6.45, 7) is 3.93. The first kappa shape index (κ1) is 26.4. The van der Waals surface area contributed by atoms with Gasteiger partial charge in [0.25, 0.3) is 5.91 Å². The average Bonchev–Trinajstić information content (AvgIpc) is 3.39. The van der Waals surface area contributed by atoms with Crippen LogP contribution >= 0.6 is 0 Å². The summed E-state index contributed by atoms with van der Waals surface area (Å²) in [4.78, 5) is 28.9. The number of hydrogen-bond donors (Lipinski definition) is 1. The highest BCUT2D eigenvalue weighted by Crippen LogP contribution is 2.21. The van der Waals surface area contributed by atoms with Crippen LogP contribution in [-0.2, 0) is 22.6 Å². The van der Waals surface area contributed by atoms with Gasteiger partial charge in [-0.15, -0.1) is 0 Å². The smallest absolute Gasteiger partial charge is 0.261 e. The van der Waals surface area contributed by atoms with Crippen LogP contribution in [0, 0.1) is 19.7 Å². The molecule has 1 saturated carbocycles. The van der Waals surface area contributed by atoms with E-state index >= 15 is 0 Å². The van der Waals surface area contributed by atoms with Gasteiger partial charge in [-0.25, -0.2) is 4.39 Å². The van der Waals surface area contributed by atoms with Gasteiger partial charge in [0, 0.05) is 19.0 Å². The number of halogens is 1. The minimum atomic E-state index is -0.733. The van der Waals surface area contributed by atoms with E-state index in [1.807, 2.05) is 62.4 Å². The topological polar surface area (TPSA) is 58.6 Å². The van der Waals surface area contributed by atoms with Crippen molar-refractivity contribution in [2.45, 2.75) is 64.6 Å². The molecule has 0 saturated heterocycles. The van der Waals surface area contributed by atoms with E-state index in [-0.39, 0.29) is 36.8 Å². The quantitative estimate of drug-likeness (QED) is 0.397. The zero-order valence-electron chi connectivity index (χ0n) is 21.6. The van der Waals surface area contributed by atoms with Crippen molar-refractivity contribution < 1.29 is 18.7 Å². The molecule has 0 aromatic heterocycles. The zero-order chi connectivity index (χ0) is 26.2. The molecule has 0 aliphatic heterocycles. The monoisotopic (exact) mass is 502 g/mol. The Balaban J connectivity index is 1.61. The highest BCUT2D eigenvalue weighted by Gasteiger charge is 2.32. The molecule has 1 atom stereocenters. The van der Waals surface area contributed by atoms with Crippen molar-refractivity contribution in [3.8, 4) is 5.75 Å². The number of hydrogen-bond acceptors (Lipinski definition) is 3. The lowest BCUT2D eigenvalue weighted by atomic mass is 10.0. The maximum Gasteiger partial charge on any atom is 0.261 e. The van der Waals surface area contributed by atoms with E-state index in [2.05, 4.69) is 5.32 Å². The van der Waals surface area contributed by atoms with Gasteiger partial charge >= 0.3 is 0 Å². The third kappa shape index (κ3) is 7.66. The van der Waals surface area contributed by atoms with E-state index in [1.165, 1.54) is 12.1 Å². The molecule has 0 heterocycles. The lowest BCUT2D eigenvalue weighted by Crippen LogP contribution is -2.53. The summed E-state index contributed by atoms with van der Waals surface area (Å²) < 4.78 is 19.5. The first-order chi connectivity index (χ1) is 17.9. The Morgan fingerprint density at radius 3 is 2.24 bits per heavy atom. The van der Waals surface area contributed by atoms with Gasteiger partial charge in [0.1, 0.15) is 17.6 Å². The molecule has 5 nitrogen and oxygen atoms in total. The third-order valence-corrected chi connectivity index (χ3v) is 6.80. The summed E-state index contributed by atoms with van der Waals surface area (Å²) in [7, 11) is 0. The molecule has 3 aromatic carbocycles. The summed E-state index contributed by atoms with van der Waals surface area (Å²) >= 11 is 0. The van der Waals surface area contributed by atoms with E-state index < -0.39 is 6.04 Å². The van der Waals surface area contributed by atoms with E-state index in [0.717, 1.165) is 47.9 Å². The van der Waals surface area contributed by atoms with Gasteiger partial charge in [-0.3, -0.25) is 9.59 Å². The average molecular weight is 503 g/mol. The van der Waals surface area contributed by atoms with Crippen molar-refractivity contribution in [3.05, 3.63) is 101 Å². The van der Waals surface area contributed by atoms with Gasteiger partial charge in [0.2, 0.25) is 5.91 Å². The maximum absolute atomic E-state index is 13.7. The number of benzene rings is 3. The van der Waals surface area contributed by atoms with E-state index in [9.17, 15) is 14.0 Å². The van der Waals surface area contributed by atoms with Gasteiger partial charge in [-0.2, -0.15) is 0 Å². The fraction of sp³-hybridized carbons (Fsp3) is 0.355. The fourth-order valence-corrected chi connectivity index (χ4v) is 4.95. The lowest BCUT2D eigenvalue weighted by molar-refractivity contribution is -0.143.